The highest BCUT2D eigenvalue weighted by Gasteiger charge is 2.50. The highest BCUT2D eigenvalue weighted by molar-refractivity contribution is 5.86. The molecule has 2 nitrogen and oxygen atoms in total. The quantitative estimate of drug-likeness (QED) is 0.468. The number of alkyl halides is 3. The van der Waals surface area contributed by atoms with Gasteiger partial charge in [0.25, 0.3) is 0 Å². The SMILES string of the molecule is C/N=C(/N)C(C)(C)C(F)(F)F. The summed E-state index contributed by atoms with van der Waals surface area (Å²) >= 11 is 0. The molecule has 0 bridgehead atoms. The minimum atomic E-state index is -4.34. The molecule has 0 rings (SSSR count). The minimum absolute atomic E-state index is 0.398. The van der Waals surface area contributed by atoms with E-state index < -0.39 is 17.4 Å². The van der Waals surface area contributed by atoms with Gasteiger partial charge in [-0.3, -0.25) is 4.99 Å². The van der Waals surface area contributed by atoms with Gasteiger partial charge in [-0.1, -0.05) is 0 Å². The third-order valence-corrected chi connectivity index (χ3v) is 1.59. The fourth-order valence-corrected chi connectivity index (χ4v) is 0.425. The Morgan fingerprint density at radius 3 is 1.73 bits per heavy atom. The van der Waals surface area contributed by atoms with Crippen LogP contribution in [0.4, 0.5) is 13.2 Å². The summed E-state index contributed by atoms with van der Waals surface area (Å²) in [7, 11) is 1.24. The Balaban J connectivity index is 4.74. The lowest BCUT2D eigenvalue weighted by Crippen LogP contribution is -2.44. The molecule has 0 aromatic carbocycles. The normalized spacial score (nSPS) is 15.3. The molecular formula is C6H11F3N2. The standard InChI is InChI=1S/C6H11F3N2/c1-5(2,4(10)11-3)6(7,8)9/h1-3H3,(H2,10,11). The number of aliphatic imine (C=N–C) groups is 1. The van der Waals surface area contributed by atoms with Crippen molar-refractivity contribution in [2.24, 2.45) is 16.1 Å². The molecule has 0 fully saturated rings. The highest BCUT2D eigenvalue weighted by Crippen LogP contribution is 2.37. The summed E-state index contributed by atoms with van der Waals surface area (Å²) in [6.07, 6.45) is -4.34. The second kappa shape index (κ2) is 2.71. The summed E-state index contributed by atoms with van der Waals surface area (Å²) < 4.78 is 36.3. The first kappa shape index (κ1) is 10.3. The summed E-state index contributed by atoms with van der Waals surface area (Å²) in [5.74, 6) is -0.398. The molecule has 0 aliphatic carbocycles. The number of rotatable bonds is 1. The van der Waals surface area contributed by atoms with E-state index in [9.17, 15) is 13.2 Å². The lowest BCUT2D eigenvalue weighted by Gasteiger charge is -2.26. The summed E-state index contributed by atoms with van der Waals surface area (Å²) in [4.78, 5) is 3.30. The number of hydrogen-bond donors (Lipinski definition) is 1. The van der Waals surface area contributed by atoms with Crippen molar-refractivity contribution in [1.82, 2.24) is 0 Å². The van der Waals surface area contributed by atoms with Crippen molar-refractivity contribution in [2.75, 3.05) is 7.05 Å². The van der Waals surface area contributed by atoms with Gasteiger partial charge >= 0.3 is 6.18 Å². The molecule has 66 valence electrons. The molecule has 11 heavy (non-hydrogen) atoms. The monoisotopic (exact) mass is 168 g/mol. The van der Waals surface area contributed by atoms with Crippen molar-refractivity contribution in [3.63, 3.8) is 0 Å². The van der Waals surface area contributed by atoms with Crippen LogP contribution >= 0.6 is 0 Å². The average molecular weight is 168 g/mol. The first-order chi connectivity index (χ1) is 4.73. The van der Waals surface area contributed by atoms with Crippen LogP contribution in [0, 0.1) is 5.41 Å². The zero-order valence-electron chi connectivity index (χ0n) is 6.66. The van der Waals surface area contributed by atoms with E-state index in [-0.39, 0.29) is 0 Å². The molecule has 0 saturated heterocycles. The molecule has 0 unspecified atom stereocenters. The Morgan fingerprint density at radius 2 is 1.64 bits per heavy atom. The summed E-state index contributed by atoms with van der Waals surface area (Å²) in [6, 6.07) is 0. The van der Waals surface area contributed by atoms with Crippen LogP contribution in [-0.2, 0) is 0 Å². The molecule has 5 heteroatoms. The number of halogens is 3. The van der Waals surface area contributed by atoms with Crippen molar-refractivity contribution in [3.8, 4) is 0 Å². The molecule has 0 aliphatic heterocycles. The first-order valence-corrected chi connectivity index (χ1v) is 3.03. The van der Waals surface area contributed by atoms with E-state index >= 15 is 0 Å². The maximum atomic E-state index is 12.1. The highest BCUT2D eigenvalue weighted by atomic mass is 19.4. The van der Waals surface area contributed by atoms with Gasteiger partial charge < -0.3 is 5.73 Å². The Kier molecular flexibility index (Phi) is 2.53. The van der Waals surface area contributed by atoms with Crippen molar-refractivity contribution < 1.29 is 13.2 Å². The first-order valence-electron chi connectivity index (χ1n) is 3.03. The molecule has 0 aromatic heterocycles. The van der Waals surface area contributed by atoms with E-state index in [0.717, 1.165) is 13.8 Å². The topological polar surface area (TPSA) is 38.4 Å². The molecule has 0 heterocycles. The maximum Gasteiger partial charge on any atom is 0.400 e. The summed E-state index contributed by atoms with van der Waals surface area (Å²) in [5.41, 5.74) is 3.04. The molecule has 0 saturated carbocycles. The molecule has 0 amide bonds. The molecule has 2 N–H and O–H groups in total. The summed E-state index contributed by atoms with van der Waals surface area (Å²) in [5, 5.41) is 0. The zero-order chi connectivity index (χ0) is 9.28. The predicted octanol–water partition coefficient (Wildman–Crippen LogP) is 1.56. The van der Waals surface area contributed by atoms with E-state index in [1.54, 1.807) is 0 Å². The maximum absolute atomic E-state index is 12.1. The summed E-state index contributed by atoms with van der Waals surface area (Å²) in [6.45, 7) is 1.99. The molecule has 0 spiro atoms. The molecule has 0 aliphatic rings. The molecule has 0 aromatic rings. The van der Waals surface area contributed by atoms with E-state index in [1.807, 2.05) is 0 Å². The van der Waals surface area contributed by atoms with Crippen LogP contribution in [0.3, 0.4) is 0 Å². The van der Waals surface area contributed by atoms with E-state index in [0.29, 0.717) is 0 Å². The van der Waals surface area contributed by atoms with Gasteiger partial charge in [-0.05, 0) is 13.8 Å². The molecule has 0 radical (unpaired) electrons. The number of hydrogen-bond acceptors (Lipinski definition) is 1. The van der Waals surface area contributed by atoms with Gasteiger partial charge in [0.2, 0.25) is 0 Å². The van der Waals surface area contributed by atoms with Crippen LogP contribution in [0.15, 0.2) is 4.99 Å². The fourth-order valence-electron chi connectivity index (χ4n) is 0.425. The predicted molar refractivity (Wildman–Crippen MR) is 37.4 cm³/mol. The van der Waals surface area contributed by atoms with Crippen LogP contribution in [0.1, 0.15) is 13.8 Å². The fraction of sp³-hybridized carbons (Fsp3) is 0.833. The average Bonchev–Trinajstić information content (AvgIpc) is 1.83. The van der Waals surface area contributed by atoms with Gasteiger partial charge in [-0.2, -0.15) is 13.2 Å². The van der Waals surface area contributed by atoms with Gasteiger partial charge in [-0.25, -0.2) is 0 Å². The number of nitrogens with two attached hydrogens (primary N) is 1. The van der Waals surface area contributed by atoms with Crippen LogP contribution in [0.5, 0.6) is 0 Å². The van der Waals surface area contributed by atoms with Crippen LogP contribution in [-0.4, -0.2) is 19.1 Å². The Morgan fingerprint density at radius 1 is 1.27 bits per heavy atom. The zero-order valence-corrected chi connectivity index (χ0v) is 6.66. The molecular weight excluding hydrogens is 157 g/mol. The minimum Gasteiger partial charge on any atom is -0.387 e. The Bertz CT molecular complexity index is 169. The van der Waals surface area contributed by atoms with E-state index in [2.05, 4.69) is 4.99 Å². The second-order valence-electron chi connectivity index (χ2n) is 2.73. The Labute approximate surface area is 63.3 Å². The van der Waals surface area contributed by atoms with Crippen molar-refractivity contribution in [3.05, 3.63) is 0 Å². The smallest absolute Gasteiger partial charge is 0.387 e. The van der Waals surface area contributed by atoms with Crippen LogP contribution in [0.25, 0.3) is 0 Å². The van der Waals surface area contributed by atoms with Crippen molar-refractivity contribution >= 4 is 5.84 Å². The lowest BCUT2D eigenvalue weighted by molar-refractivity contribution is -0.186. The van der Waals surface area contributed by atoms with Gasteiger partial charge in [-0.15, -0.1) is 0 Å². The van der Waals surface area contributed by atoms with Gasteiger partial charge in [0.15, 0.2) is 0 Å². The van der Waals surface area contributed by atoms with Gasteiger partial charge in [0.1, 0.15) is 11.3 Å². The number of amidine groups is 1. The second-order valence-corrected chi connectivity index (χ2v) is 2.73. The van der Waals surface area contributed by atoms with Crippen LogP contribution in [0.2, 0.25) is 0 Å². The van der Waals surface area contributed by atoms with E-state index in [4.69, 9.17) is 5.73 Å². The van der Waals surface area contributed by atoms with Crippen LogP contribution < -0.4 is 5.73 Å². The third-order valence-electron chi connectivity index (χ3n) is 1.59. The van der Waals surface area contributed by atoms with Crippen molar-refractivity contribution in [2.45, 2.75) is 20.0 Å². The van der Waals surface area contributed by atoms with Crippen molar-refractivity contribution in [1.29, 1.82) is 0 Å². The van der Waals surface area contributed by atoms with E-state index in [1.165, 1.54) is 7.05 Å². The Hall–Kier alpha value is -0.740. The van der Waals surface area contributed by atoms with Gasteiger partial charge in [0.05, 0.1) is 0 Å². The lowest BCUT2D eigenvalue weighted by atomic mass is 9.91. The third kappa shape index (κ3) is 1.85. The van der Waals surface area contributed by atoms with Gasteiger partial charge in [0, 0.05) is 7.05 Å². The number of nitrogens with zero attached hydrogens (tertiary/aromatic N) is 1. The largest absolute Gasteiger partial charge is 0.400 e. The molecule has 0 atom stereocenters.